The van der Waals surface area contributed by atoms with Gasteiger partial charge in [0, 0.05) is 16.5 Å². The summed E-state index contributed by atoms with van der Waals surface area (Å²) in [4.78, 5) is 5.48. The van der Waals surface area contributed by atoms with Gasteiger partial charge in [0.25, 0.3) is 0 Å². The molecule has 1 aliphatic rings. The number of fused-ring (bicyclic) bond motifs is 1. The fourth-order valence-electron chi connectivity index (χ4n) is 3.38. The summed E-state index contributed by atoms with van der Waals surface area (Å²) in [6.45, 7) is 9.50. The van der Waals surface area contributed by atoms with E-state index < -0.39 is 0 Å². The molecule has 3 aromatic rings. The Labute approximate surface area is 197 Å². The molecule has 8 heteroatoms. The quantitative estimate of drug-likeness (QED) is 0.373. The highest BCUT2D eigenvalue weighted by Gasteiger charge is 2.16. The molecule has 0 N–H and O–H groups in total. The predicted molar refractivity (Wildman–Crippen MR) is 131 cm³/mol. The van der Waals surface area contributed by atoms with Gasteiger partial charge in [-0.05, 0) is 50.2 Å². The number of rotatable bonds is 7. The SMILES string of the molecule is C=C(C)CN=c1scc(-c2cc(OC)ccc2OC)n1N=C(C)c1ccc2c(c1)OCCO2. The molecule has 0 bridgehead atoms. The highest BCUT2D eigenvalue weighted by Crippen LogP contribution is 2.34. The second-order valence-electron chi connectivity index (χ2n) is 7.60. The Morgan fingerprint density at radius 3 is 2.58 bits per heavy atom. The van der Waals surface area contributed by atoms with Gasteiger partial charge in [0.1, 0.15) is 24.7 Å². The second kappa shape index (κ2) is 9.95. The largest absolute Gasteiger partial charge is 0.497 e. The molecule has 0 aliphatic carbocycles. The van der Waals surface area contributed by atoms with Gasteiger partial charge in [-0.1, -0.05) is 12.2 Å². The summed E-state index contributed by atoms with van der Waals surface area (Å²) in [7, 11) is 3.29. The molecule has 0 unspecified atom stereocenters. The lowest BCUT2D eigenvalue weighted by Gasteiger charge is -2.18. The Morgan fingerprint density at radius 1 is 1.06 bits per heavy atom. The summed E-state index contributed by atoms with van der Waals surface area (Å²) in [5.41, 5.74) is 4.44. The molecule has 0 amide bonds. The number of nitrogens with zero attached hydrogens (tertiary/aromatic N) is 3. The van der Waals surface area contributed by atoms with Crippen molar-refractivity contribution in [3.63, 3.8) is 0 Å². The Hall–Kier alpha value is -3.52. The number of ether oxygens (including phenoxy) is 4. The molecule has 0 radical (unpaired) electrons. The van der Waals surface area contributed by atoms with Crippen molar-refractivity contribution in [2.75, 3.05) is 34.0 Å². The van der Waals surface area contributed by atoms with E-state index in [0.29, 0.717) is 19.8 Å². The predicted octanol–water partition coefficient (Wildman–Crippen LogP) is 4.75. The molecule has 7 nitrogen and oxygen atoms in total. The minimum absolute atomic E-state index is 0.522. The zero-order chi connectivity index (χ0) is 23.4. The topological polar surface area (TPSA) is 66.6 Å². The molecule has 1 aromatic heterocycles. The molecule has 0 fully saturated rings. The standard InChI is InChI=1S/C25H27N3O4S/c1-16(2)14-26-25-28(21(15-33-25)20-13-19(29-4)7-9-22(20)30-5)27-17(3)18-6-8-23-24(12-18)32-11-10-31-23/h6-9,12-13,15H,1,10-11,14H2,2-5H3. The van der Waals surface area contributed by atoms with E-state index in [-0.39, 0.29) is 0 Å². The minimum atomic E-state index is 0.522. The van der Waals surface area contributed by atoms with Gasteiger partial charge in [-0.15, -0.1) is 11.3 Å². The van der Waals surface area contributed by atoms with Crippen molar-refractivity contribution in [3.05, 3.63) is 64.3 Å². The number of thiazole rings is 1. The van der Waals surface area contributed by atoms with E-state index in [4.69, 9.17) is 29.0 Å². The molecule has 172 valence electrons. The van der Waals surface area contributed by atoms with E-state index in [9.17, 15) is 0 Å². The van der Waals surface area contributed by atoms with Crippen LogP contribution in [0.1, 0.15) is 19.4 Å². The molecule has 2 aromatic carbocycles. The van der Waals surface area contributed by atoms with Crippen molar-refractivity contribution in [1.82, 2.24) is 4.68 Å². The highest BCUT2D eigenvalue weighted by atomic mass is 32.1. The van der Waals surface area contributed by atoms with Crippen LogP contribution in [0.25, 0.3) is 11.3 Å². The van der Waals surface area contributed by atoms with Gasteiger partial charge in [-0.2, -0.15) is 5.10 Å². The highest BCUT2D eigenvalue weighted by molar-refractivity contribution is 7.07. The monoisotopic (exact) mass is 465 g/mol. The van der Waals surface area contributed by atoms with Crippen molar-refractivity contribution >= 4 is 17.0 Å². The third kappa shape index (κ3) is 4.96. The van der Waals surface area contributed by atoms with E-state index in [1.54, 1.807) is 14.2 Å². The molecule has 4 rings (SSSR count). The molecule has 0 saturated heterocycles. The van der Waals surface area contributed by atoms with Gasteiger partial charge in [-0.3, -0.25) is 4.99 Å². The van der Waals surface area contributed by atoms with Crippen LogP contribution in [0.3, 0.4) is 0 Å². The van der Waals surface area contributed by atoms with Crippen molar-refractivity contribution in [3.8, 4) is 34.3 Å². The minimum Gasteiger partial charge on any atom is -0.497 e. The molecule has 0 saturated carbocycles. The van der Waals surface area contributed by atoms with Crippen molar-refractivity contribution < 1.29 is 18.9 Å². The number of methoxy groups -OCH3 is 2. The maximum Gasteiger partial charge on any atom is 0.206 e. The first-order valence-electron chi connectivity index (χ1n) is 10.5. The molecule has 0 spiro atoms. The molecular formula is C25H27N3O4S. The van der Waals surface area contributed by atoms with Crippen molar-refractivity contribution in [1.29, 1.82) is 0 Å². The lowest BCUT2D eigenvalue weighted by atomic mass is 10.1. The molecule has 33 heavy (non-hydrogen) atoms. The van der Waals surface area contributed by atoms with E-state index in [0.717, 1.165) is 55.9 Å². The van der Waals surface area contributed by atoms with E-state index >= 15 is 0 Å². The average molecular weight is 466 g/mol. The van der Waals surface area contributed by atoms with Gasteiger partial charge >= 0.3 is 0 Å². The summed E-state index contributed by atoms with van der Waals surface area (Å²) in [5, 5.41) is 6.97. The van der Waals surface area contributed by atoms with Crippen molar-refractivity contribution in [2.24, 2.45) is 10.1 Å². The van der Waals surface area contributed by atoms with E-state index in [2.05, 4.69) is 6.58 Å². The van der Waals surface area contributed by atoms with Crippen LogP contribution in [0.5, 0.6) is 23.0 Å². The van der Waals surface area contributed by atoms with Gasteiger partial charge in [0.05, 0.1) is 32.2 Å². The third-order valence-electron chi connectivity index (χ3n) is 5.06. The van der Waals surface area contributed by atoms with Crippen LogP contribution in [0, 0.1) is 0 Å². The first-order valence-corrected chi connectivity index (χ1v) is 11.4. The lowest BCUT2D eigenvalue weighted by Crippen LogP contribution is -2.17. The number of hydrogen-bond acceptors (Lipinski definition) is 7. The molecule has 2 heterocycles. The zero-order valence-corrected chi connectivity index (χ0v) is 20.1. The summed E-state index contributed by atoms with van der Waals surface area (Å²) in [6, 6.07) is 11.5. The number of benzene rings is 2. The maximum absolute atomic E-state index is 5.74. The van der Waals surface area contributed by atoms with Crippen LogP contribution in [0.15, 0.2) is 64.0 Å². The third-order valence-corrected chi connectivity index (χ3v) is 5.92. The van der Waals surface area contributed by atoms with Crippen LogP contribution in [-0.2, 0) is 0 Å². The first kappa shape index (κ1) is 22.7. The smallest absolute Gasteiger partial charge is 0.206 e. The van der Waals surface area contributed by atoms with Gasteiger partial charge in [0.2, 0.25) is 4.80 Å². The Kier molecular flexibility index (Phi) is 6.84. The van der Waals surface area contributed by atoms with Crippen molar-refractivity contribution in [2.45, 2.75) is 13.8 Å². The summed E-state index contributed by atoms with van der Waals surface area (Å²) in [5.74, 6) is 2.93. The van der Waals surface area contributed by atoms with Crippen LogP contribution < -0.4 is 23.7 Å². The van der Waals surface area contributed by atoms with Crippen LogP contribution in [-0.4, -0.2) is 44.4 Å². The molecular weight excluding hydrogens is 438 g/mol. The Morgan fingerprint density at radius 2 is 1.85 bits per heavy atom. The second-order valence-corrected chi connectivity index (χ2v) is 8.44. The van der Waals surface area contributed by atoms with Gasteiger partial charge < -0.3 is 18.9 Å². The Bertz CT molecular complexity index is 1270. The Balaban J connectivity index is 1.85. The number of aromatic nitrogens is 1. The van der Waals surface area contributed by atoms with E-state index in [1.165, 1.54) is 11.3 Å². The summed E-state index contributed by atoms with van der Waals surface area (Å²) >= 11 is 1.51. The summed E-state index contributed by atoms with van der Waals surface area (Å²) in [6.07, 6.45) is 0. The average Bonchev–Trinajstić information content (AvgIpc) is 3.23. The summed E-state index contributed by atoms with van der Waals surface area (Å²) < 4.78 is 24.3. The van der Waals surface area contributed by atoms with E-state index in [1.807, 2.05) is 60.3 Å². The molecule has 0 atom stereocenters. The maximum atomic E-state index is 5.74. The van der Waals surface area contributed by atoms with Crippen LogP contribution in [0.2, 0.25) is 0 Å². The number of hydrogen-bond donors (Lipinski definition) is 0. The normalized spacial score (nSPS) is 13.7. The van der Waals surface area contributed by atoms with Gasteiger partial charge in [0.15, 0.2) is 11.5 Å². The zero-order valence-electron chi connectivity index (χ0n) is 19.3. The van der Waals surface area contributed by atoms with Gasteiger partial charge in [-0.25, -0.2) is 4.68 Å². The van der Waals surface area contributed by atoms with Crippen LogP contribution in [0.4, 0.5) is 0 Å². The van der Waals surface area contributed by atoms with Crippen LogP contribution >= 0.6 is 11.3 Å². The fourth-order valence-corrected chi connectivity index (χ4v) is 4.20. The molecule has 1 aliphatic heterocycles. The first-order chi connectivity index (χ1) is 16.0. The lowest BCUT2D eigenvalue weighted by molar-refractivity contribution is 0.171. The fraction of sp³-hybridized carbons (Fsp3) is 0.280.